The molecular formula is C41H34N2O. The minimum absolute atomic E-state index is 0.785. The molecule has 0 radical (unpaired) electrons. The molecule has 0 atom stereocenters. The molecule has 0 bridgehead atoms. The van der Waals surface area contributed by atoms with E-state index < -0.39 is 0 Å². The second kappa shape index (κ2) is 11.6. The van der Waals surface area contributed by atoms with Crippen LogP contribution in [0, 0.1) is 13.8 Å². The van der Waals surface area contributed by atoms with E-state index in [-0.39, 0.29) is 0 Å². The molecule has 214 valence electrons. The number of methoxy groups -OCH3 is 1. The molecule has 44 heavy (non-hydrogen) atoms. The van der Waals surface area contributed by atoms with E-state index >= 15 is 0 Å². The summed E-state index contributed by atoms with van der Waals surface area (Å²) >= 11 is 0. The smallest absolute Gasteiger partial charge is 0.144 e. The first kappa shape index (κ1) is 27.3. The van der Waals surface area contributed by atoms with Gasteiger partial charge in [0.15, 0.2) is 0 Å². The van der Waals surface area contributed by atoms with E-state index in [0.29, 0.717) is 0 Å². The molecule has 0 unspecified atom stereocenters. The summed E-state index contributed by atoms with van der Waals surface area (Å²) in [6, 6.07) is 53.9. The Morgan fingerprint density at radius 2 is 0.932 bits per heavy atom. The Morgan fingerprint density at radius 1 is 0.409 bits per heavy atom. The topological polar surface area (TPSA) is 15.7 Å². The third-order valence-electron chi connectivity index (χ3n) is 8.20. The summed E-state index contributed by atoms with van der Waals surface area (Å²) in [5.41, 5.74) is 8.85. The van der Waals surface area contributed by atoms with Crippen molar-refractivity contribution < 1.29 is 4.74 Å². The summed E-state index contributed by atoms with van der Waals surface area (Å²) < 4.78 is 6.20. The Balaban J connectivity index is 1.44. The van der Waals surface area contributed by atoms with Gasteiger partial charge in [-0.25, -0.2) is 0 Å². The highest BCUT2D eigenvalue weighted by atomic mass is 16.5. The SMILES string of the molecule is COc1cc(N(c2ccccc2)c2cccc3cc(C)ccc23)ccc1N(c1ccccc1)c1cccc2cc(C)ccc12. The van der Waals surface area contributed by atoms with E-state index in [9.17, 15) is 0 Å². The molecule has 0 heterocycles. The fraction of sp³-hybridized carbons (Fsp3) is 0.0732. The maximum atomic E-state index is 6.20. The fourth-order valence-corrected chi connectivity index (χ4v) is 6.14. The Kier molecular flexibility index (Phi) is 7.21. The first-order chi connectivity index (χ1) is 21.6. The summed E-state index contributed by atoms with van der Waals surface area (Å²) in [5.74, 6) is 0.785. The lowest BCUT2D eigenvalue weighted by Crippen LogP contribution is -2.14. The second-order valence-electron chi connectivity index (χ2n) is 11.2. The molecule has 0 amide bonds. The third kappa shape index (κ3) is 5.03. The lowest BCUT2D eigenvalue weighted by atomic mass is 10.0. The molecule has 7 aromatic rings. The molecule has 0 aliphatic rings. The van der Waals surface area contributed by atoms with Crippen LogP contribution in [-0.2, 0) is 0 Å². The number of anilines is 6. The van der Waals surface area contributed by atoms with Gasteiger partial charge in [0.05, 0.1) is 24.2 Å². The summed E-state index contributed by atoms with van der Waals surface area (Å²) in [6.07, 6.45) is 0. The average molecular weight is 571 g/mol. The average Bonchev–Trinajstić information content (AvgIpc) is 3.06. The number of fused-ring (bicyclic) bond motifs is 2. The van der Waals surface area contributed by atoms with E-state index in [4.69, 9.17) is 4.74 Å². The Hall–Kier alpha value is -5.54. The standard InChI is InChI=1S/C41H34N2O/c1-29-20-23-36-31(26-29)12-10-18-38(36)42(33-14-6-4-7-15-33)35-22-25-40(41(28-35)44-3)43(34-16-8-5-9-17-34)39-19-11-13-32-27-30(2)21-24-37(32)39/h4-28H,1-3H3. The van der Waals surface area contributed by atoms with Crippen LogP contribution in [-0.4, -0.2) is 7.11 Å². The van der Waals surface area contributed by atoms with Gasteiger partial charge in [-0.2, -0.15) is 0 Å². The zero-order valence-corrected chi connectivity index (χ0v) is 25.2. The van der Waals surface area contributed by atoms with Crippen LogP contribution in [0.1, 0.15) is 11.1 Å². The maximum Gasteiger partial charge on any atom is 0.144 e. The highest BCUT2D eigenvalue weighted by Crippen LogP contribution is 2.46. The molecule has 7 rings (SSSR count). The van der Waals surface area contributed by atoms with Crippen molar-refractivity contribution in [1.82, 2.24) is 0 Å². The van der Waals surface area contributed by atoms with Crippen LogP contribution in [0.4, 0.5) is 34.1 Å². The van der Waals surface area contributed by atoms with Gasteiger partial charge >= 0.3 is 0 Å². The van der Waals surface area contributed by atoms with Crippen molar-refractivity contribution in [1.29, 1.82) is 0 Å². The maximum absolute atomic E-state index is 6.20. The van der Waals surface area contributed by atoms with Crippen LogP contribution in [0.2, 0.25) is 0 Å². The number of benzene rings is 7. The minimum Gasteiger partial charge on any atom is -0.494 e. The first-order valence-corrected chi connectivity index (χ1v) is 15.0. The molecule has 3 heteroatoms. The molecule has 0 aliphatic carbocycles. The molecule has 3 nitrogen and oxygen atoms in total. The van der Waals surface area contributed by atoms with Crippen LogP contribution >= 0.6 is 0 Å². The van der Waals surface area contributed by atoms with Crippen molar-refractivity contribution >= 4 is 55.7 Å². The molecule has 0 fully saturated rings. The number of nitrogens with zero attached hydrogens (tertiary/aromatic N) is 2. The van der Waals surface area contributed by atoms with Crippen LogP contribution < -0.4 is 14.5 Å². The second-order valence-corrected chi connectivity index (χ2v) is 11.2. The summed E-state index contributed by atoms with van der Waals surface area (Å²) in [4.78, 5) is 4.62. The van der Waals surface area contributed by atoms with Crippen molar-refractivity contribution in [3.05, 3.63) is 163 Å². The van der Waals surface area contributed by atoms with Gasteiger partial charge in [0.2, 0.25) is 0 Å². The zero-order chi connectivity index (χ0) is 30.0. The van der Waals surface area contributed by atoms with E-state index in [0.717, 1.165) is 39.9 Å². The van der Waals surface area contributed by atoms with Gasteiger partial charge in [0.1, 0.15) is 5.75 Å². The molecule has 0 aromatic heterocycles. The number of hydrogen-bond acceptors (Lipinski definition) is 3. The number of hydrogen-bond donors (Lipinski definition) is 0. The Labute approximate surface area is 259 Å². The van der Waals surface area contributed by atoms with Crippen molar-refractivity contribution in [3.8, 4) is 5.75 Å². The van der Waals surface area contributed by atoms with Crippen molar-refractivity contribution in [2.75, 3.05) is 16.9 Å². The number of rotatable bonds is 7. The van der Waals surface area contributed by atoms with Gasteiger partial charge < -0.3 is 14.5 Å². The highest BCUT2D eigenvalue weighted by molar-refractivity contribution is 6.01. The van der Waals surface area contributed by atoms with Crippen molar-refractivity contribution in [2.45, 2.75) is 13.8 Å². The van der Waals surface area contributed by atoms with Gasteiger partial charge in [0.25, 0.3) is 0 Å². The molecule has 0 saturated carbocycles. The lowest BCUT2D eigenvalue weighted by molar-refractivity contribution is 0.416. The summed E-state index contributed by atoms with van der Waals surface area (Å²) in [5, 5.41) is 4.81. The Morgan fingerprint density at radius 3 is 1.48 bits per heavy atom. The van der Waals surface area contributed by atoms with Gasteiger partial charge in [-0.05, 0) is 73.2 Å². The predicted octanol–water partition coefficient (Wildman–Crippen LogP) is 11.6. The molecule has 7 aromatic carbocycles. The number of para-hydroxylation sites is 2. The predicted molar refractivity (Wildman–Crippen MR) is 187 cm³/mol. The van der Waals surface area contributed by atoms with E-state index in [1.54, 1.807) is 7.11 Å². The van der Waals surface area contributed by atoms with Gasteiger partial charge in [-0.3, -0.25) is 0 Å². The number of aryl methyl sites for hydroxylation is 2. The van der Waals surface area contributed by atoms with E-state index in [1.807, 2.05) is 0 Å². The fourth-order valence-electron chi connectivity index (χ4n) is 6.14. The Bertz CT molecular complexity index is 2090. The molecular weight excluding hydrogens is 536 g/mol. The molecule has 0 spiro atoms. The molecule has 0 N–H and O–H groups in total. The van der Waals surface area contributed by atoms with Crippen LogP contribution in [0.3, 0.4) is 0 Å². The summed E-state index contributed by atoms with van der Waals surface area (Å²) in [7, 11) is 1.76. The summed E-state index contributed by atoms with van der Waals surface area (Å²) in [6.45, 7) is 4.28. The van der Waals surface area contributed by atoms with Crippen LogP contribution in [0.25, 0.3) is 21.5 Å². The van der Waals surface area contributed by atoms with Crippen LogP contribution in [0.15, 0.2) is 152 Å². The van der Waals surface area contributed by atoms with Crippen molar-refractivity contribution in [2.24, 2.45) is 0 Å². The van der Waals surface area contributed by atoms with E-state index in [1.165, 1.54) is 32.7 Å². The normalized spacial score (nSPS) is 11.1. The van der Waals surface area contributed by atoms with Crippen LogP contribution in [0.5, 0.6) is 5.75 Å². The minimum atomic E-state index is 0.785. The number of ether oxygens (including phenoxy) is 1. The van der Waals surface area contributed by atoms with Gasteiger partial charge in [-0.15, -0.1) is 0 Å². The lowest BCUT2D eigenvalue weighted by Gasteiger charge is -2.31. The van der Waals surface area contributed by atoms with E-state index in [2.05, 4.69) is 175 Å². The monoisotopic (exact) mass is 570 g/mol. The quantitative estimate of drug-likeness (QED) is 0.190. The zero-order valence-electron chi connectivity index (χ0n) is 25.2. The first-order valence-electron chi connectivity index (χ1n) is 15.0. The van der Waals surface area contributed by atoms with Gasteiger partial charge in [0, 0.05) is 33.9 Å². The molecule has 0 saturated heterocycles. The third-order valence-corrected chi connectivity index (χ3v) is 8.20. The van der Waals surface area contributed by atoms with Crippen molar-refractivity contribution in [3.63, 3.8) is 0 Å². The largest absolute Gasteiger partial charge is 0.494 e. The highest BCUT2D eigenvalue weighted by Gasteiger charge is 2.22. The molecule has 0 aliphatic heterocycles. The van der Waals surface area contributed by atoms with Gasteiger partial charge in [-0.1, -0.05) is 108 Å².